The fourth-order valence-corrected chi connectivity index (χ4v) is 3.57. The van der Waals surface area contributed by atoms with E-state index in [2.05, 4.69) is 20.6 Å². The molecule has 6 nitrogen and oxygen atoms in total. The molecule has 0 aromatic rings. The summed E-state index contributed by atoms with van der Waals surface area (Å²) in [7, 11) is 9.23. The quantitative estimate of drug-likeness (QED) is 0.357. The van der Waals surface area contributed by atoms with Gasteiger partial charge in [0.1, 0.15) is 0 Å². The largest absolute Gasteiger partial charge is 0.513 e. The van der Waals surface area contributed by atoms with Crippen molar-refractivity contribution in [2.75, 3.05) is 81.7 Å². The van der Waals surface area contributed by atoms with E-state index < -0.39 is 8.80 Å². The predicted octanol–water partition coefficient (Wildman–Crippen LogP) is 0.293. The topological polar surface area (TPSA) is 37.4 Å². The van der Waals surface area contributed by atoms with Crippen LogP contribution in [0.4, 0.5) is 0 Å². The van der Waals surface area contributed by atoms with Crippen molar-refractivity contribution < 1.29 is 13.3 Å². The van der Waals surface area contributed by atoms with Gasteiger partial charge in [0.2, 0.25) is 0 Å². The smallest absolute Gasteiger partial charge is 0.372 e. The van der Waals surface area contributed by atoms with E-state index in [1.54, 1.807) is 0 Å². The molecule has 0 aliphatic carbocycles. The molecule has 0 atom stereocenters. The molecule has 0 N–H and O–H groups in total. The van der Waals surface area contributed by atoms with Crippen LogP contribution in [0.2, 0.25) is 6.04 Å². The molecule has 0 fully saturated rings. The Hall–Kier alpha value is -0.463. The minimum atomic E-state index is -2.81. The Balaban J connectivity index is 4.64. The van der Waals surface area contributed by atoms with Gasteiger partial charge in [-0.15, -0.1) is 12.3 Å². The van der Waals surface area contributed by atoms with E-state index in [1.807, 2.05) is 42.3 Å². The van der Waals surface area contributed by atoms with E-state index in [0.29, 0.717) is 25.9 Å². The van der Waals surface area contributed by atoms with Gasteiger partial charge in [0.15, 0.2) is 0 Å². The van der Waals surface area contributed by atoms with Crippen molar-refractivity contribution in [2.45, 2.75) is 6.04 Å². The molecule has 7 heteroatoms. The average Bonchev–Trinajstić information content (AvgIpc) is 2.37. The van der Waals surface area contributed by atoms with Crippen LogP contribution in [0.25, 0.3) is 0 Å². The van der Waals surface area contributed by atoms with Gasteiger partial charge in [-0.25, -0.2) is 0 Å². The third kappa shape index (κ3) is 11.2. The second-order valence-corrected chi connectivity index (χ2v) is 8.60. The molecule has 0 saturated carbocycles. The van der Waals surface area contributed by atoms with Crippen molar-refractivity contribution in [1.82, 2.24) is 14.7 Å². The Morgan fingerprint density at radius 2 is 1.05 bits per heavy atom. The highest BCUT2D eigenvalue weighted by molar-refractivity contribution is 6.61. The first-order valence-corrected chi connectivity index (χ1v) is 9.54. The highest BCUT2D eigenvalue weighted by Gasteiger charge is 2.40. The van der Waals surface area contributed by atoms with Crippen molar-refractivity contribution in [1.29, 1.82) is 0 Å². The first-order valence-electron chi connectivity index (χ1n) is 7.61. The van der Waals surface area contributed by atoms with Gasteiger partial charge in [0, 0.05) is 19.6 Å². The van der Waals surface area contributed by atoms with Gasteiger partial charge in [0.05, 0.1) is 25.9 Å². The highest BCUT2D eigenvalue weighted by atomic mass is 28.4. The van der Waals surface area contributed by atoms with Crippen LogP contribution in [0.1, 0.15) is 0 Å². The summed E-state index contributed by atoms with van der Waals surface area (Å²) in [4.78, 5) is 6.19. The van der Waals surface area contributed by atoms with E-state index in [1.165, 1.54) is 0 Å². The normalized spacial score (nSPS) is 12.4. The first-order chi connectivity index (χ1) is 10.3. The van der Waals surface area contributed by atoms with Gasteiger partial charge in [-0.2, -0.15) is 0 Å². The van der Waals surface area contributed by atoms with E-state index in [9.17, 15) is 0 Å². The Labute approximate surface area is 137 Å². The molecule has 0 aliphatic rings. The van der Waals surface area contributed by atoms with Gasteiger partial charge in [-0.1, -0.05) is 0 Å². The number of terminal acetylenes is 1. The Bertz CT molecular complexity index is 284. The number of hydrogen-bond acceptors (Lipinski definition) is 6. The van der Waals surface area contributed by atoms with E-state index in [4.69, 9.17) is 19.7 Å². The summed E-state index contributed by atoms with van der Waals surface area (Å²) in [5, 5.41) is 0. The molecule has 0 unspecified atom stereocenters. The summed E-state index contributed by atoms with van der Waals surface area (Å²) < 4.78 is 18.1. The lowest BCUT2D eigenvalue weighted by Crippen LogP contribution is -2.48. The minimum Gasteiger partial charge on any atom is -0.372 e. The van der Waals surface area contributed by atoms with Crippen molar-refractivity contribution in [2.24, 2.45) is 0 Å². The Kier molecular flexibility index (Phi) is 11.8. The highest BCUT2D eigenvalue weighted by Crippen LogP contribution is 2.15. The summed E-state index contributed by atoms with van der Waals surface area (Å²) in [5.41, 5.74) is 0. The zero-order valence-corrected chi connectivity index (χ0v) is 16.1. The Morgan fingerprint density at radius 3 is 1.27 bits per heavy atom. The summed E-state index contributed by atoms with van der Waals surface area (Å²) >= 11 is 0. The van der Waals surface area contributed by atoms with Crippen LogP contribution in [-0.2, 0) is 13.3 Å². The molecule has 0 aromatic heterocycles. The SMILES string of the molecule is C#CC[Si](OCCN(C)C)(OCCN(C)C)OCCN(C)C. The van der Waals surface area contributed by atoms with Gasteiger partial charge >= 0.3 is 8.80 Å². The second kappa shape index (κ2) is 12.0. The molecular weight excluding hydrogens is 298 g/mol. The molecule has 0 aromatic carbocycles. The monoisotopic (exact) mass is 331 g/mol. The molecule has 0 bridgehead atoms. The maximum atomic E-state index is 6.02. The maximum Gasteiger partial charge on any atom is 0.513 e. The first kappa shape index (κ1) is 21.5. The third-order valence-electron chi connectivity index (χ3n) is 2.90. The molecule has 22 heavy (non-hydrogen) atoms. The lowest BCUT2D eigenvalue weighted by Gasteiger charge is -2.30. The van der Waals surface area contributed by atoms with Crippen LogP contribution in [-0.4, -0.2) is 105 Å². The lowest BCUT2D eigenvalue weighted by molar-refractivity contribution is 0.0502. The fourth-order valence-electron chi connectivity index (χ4n) is 1.55. The average molecular weight is 332 g/mol. The number of nitrogens with zero attached hydrogens (tertiary/aromatic N) is 3. The molecule has 0 radical (unpaired) electrons. The number of rotatable bonds is 13. The molecule has 0 spiro atoms. The summed E-state index contributed by atoms with van der Waals surface area (Å²) in [6.07, 6.45) is 5.52. The number of likely N-dealkylation sites (N-methyl/N-ethyl adjacent to an activating group) is 3. The van der Waals surface area contributed by atoms with Crippen LogP contribution in [0.5, 0.6) is 0 Å². The zero-order chi connectivity index (χ0) is 17.0. The van der Waals surface area contributed by atoms with Crippen molar-refractivity contribution in [3.63, 3.8) is 0 Å². The molecule has 0 saturated heterocycles. The maximum absolute atomic E-state index is 6.02. The van der Waals surface area contributed by atoms with Crippen LogP contribution >= 0.6 is 0 Å². The standard InChI is InChI=1S/C15H33N3O3Si/c1-8-15-22(19-12-9-16(2)3,20-13-10-17(4)5)21-14-11-18(6)7/h1H,9-15H2,2-7H3. The van der Waals surface area contributed by atoms with Crippen molar-refractivity contribution in [3.8, 4) is 12.3 Å². The molecule has 130 valence electrons. The molecule has 0 amide bonds. The number of hydrogen-bond donors (Lipinski definition) is 0. The molecular formula is C15H33N3O3Si. The summed E-state index contributed by atoms with van der Waals surface area (Å²) in [6, 6.07) is 0.404. The van der Waals surface area contributed by atoms with Crippen molar-refractivity contribution >= 4 is 8.80 Å². The summed E-state index contributed by atoms with van der Waals surface area (Å²) in [6.45, 7) is 4.12. The zero-order valence-electron chi connectivity index (χ0n) is 15.1. The predicted molar refractivity (Wildman–Crippen MR) is 92.9 cm³/mol. The van der Waals surface area contributed by atoms with Gasteiger partial charge in [-0.3, -0.25) is 0 Å². The fraction of sp³-hybridized carbons (Fsp3) is 0.867. The Morgan fingerprint density at radius 1 is 0.727 bits per heavy atom. The van der Waals surface area contributed by atoms with Crippen molar-refractivity contribution in [3.05, 3.63) is 0 Å². The van der Waals surface area contributed by atoms with Gasteiger partial charge in [-0.05, 0) is 42.3 Å². The second-order valence-electron chi connectivity index (χ2n) is 6.02. The minimum absolute atomic E-state index is 0.404. The molecule has 0 heterocycles. The van der Waals surface area contributed by atoms with E-state index >= 15 is 0 Å². The molecule has 0 aliphatic heterocycles. The van der Waals surface area contributed by atoms with E-state index in [-0.39, 0.29) is 0 Å². The van der Waals surface area contributed by atoms with E-state index in [0.717, 1.165) is 19.6 Å². The summed E-state index contributed by atoms with van der Waals surface area (Å²) in [5.74, 6) is 2.67. The van der Waals surface area contributed by atoms with Crippen LogP contribution < -0.4 is 0 Å². The van der Waals surface area contributed by atoms with Crippen LogP contribution in [0, 0.1) is 12.3 Å². The van der Waals surface area contributed by atoms with Gasteiger partial charge in [0.25, 0.3) is 0 Å². The van der Waals surface area contributed by atoms with Crippen LogP contribution in [0.3, 0.4) is 0 Å². The lowest BCUT2D eigenvalue weighted by atomic mass is 10.6. The van der Waals surface area contributed by atoms with Gasteiger partial charge < -0.3 is 28.0 Å². The molecule has 0 rings (SSSR count). The third-order valence-corrected chi connectivity index (χ3v) is 5.47. The van der Waals surface area contributed by atoms with Crippen LogP contribution in [0.15, 0.2) is 0 Å².